The van der Waals surface area contributed by atoms with Gasteiger partial charge in [-0.1, -0.05) is 11.3 Å². The number of anilines is 3. The van der Waals surface area contributed by atoms with Gasteiger partial charge in [0.25, 0.3) is 5.91 Å². The monoisotopic (exact) mass is 471 g/mol. The first kappa shape index (κ1) is 23.7. The van der Waals surface area contributed by atoms with Crippen LogP contribution in [0.1, 0.15) is 22.2 Å². The van der Waals surface area contributed by atoms with Crippen LogP contribution in [-0.4, -0.2) is 42.3 Å². The van der Waals surface area contributed by atoms with Crippen molar-refractivity contribution in [3.63, 3.8) is 0 Å². The lowest BCUT2D eigenvalue weighted by Gasteiger charge is -2.26. The van der Waals surface area contributed by atoms with Crippen LogP contribution in [0.4, 0.5) is 21.0 Å². The van der Waals surface area contributed by atoms with E-state index in [0.717, 1.165) is 11.3 Å². The number of hydrogen-bond acceptors (Lipinski definition) is 8. The summed E-state index contributed by atoms with van der Waals surface area (Å²) in [5, 5.41) is 2.71. The lowest BCUT2D eigenvalue weighted by Crippen LogP contribution is -2.39. The zero-order chi connectivity index (χ0) is 24.1. The molecular weight excluding hydrogens is 449 g/mol. The molecule has 172 valence electrons. The van der Waals surface area contributed by atoms with Crippen LogP contribution in [-0.2, 0) is 9.59 Å². The molecule has 0 aliphatic heterocycles. The molecule has 0 unspecified atom stereocenters. The molecule has 2 aromatic carbocycles. The minimum absolute atomic E-state index is 0.0104. The Morgan fingerprint density at radius 1 is 1.15 bits per heavy atom. The van der Waals surface area contributed by atoms with Crippen LogP contribution in [0.25, 0.3) is 0 Å². The second-order valence-electron chi connectivity index (χ2n) is 6.95. The summed E-state index contributed by atoms with van der Waals surface area (Å²) in [4.78, 5) is 42.2. The number of benzene rings is 2. The number of primary amides is 1. The number of nitrogen functional groups attached to an aromatic ring is 1. The van der Waals surface area contributed by atoms with Crippen LogP contribution < -0.4 is 26.4 Å². The number of ether oxygens (including phenoxy) is 1. The lowest BCUT2D eigenvalue weighted by atomic mass is 10.1. The number of amides is 2. The Bertz CT molecular complexity index is 1160. The molecule has 1 heterocycles. The van der Waals surface area contributed by atoms with Crippen molar-refractivity contribution in [2.24, 2.45) is 5.73 Å². The smallest absolute Gasteiger partial charge is 0.257 e. The average molecular weight is 472 g/mol. The standard InChI is InChI=1S/C22H22FN5O4S/c1-12(21(25)31)28(15-7-5-14(23)6-8-15)22-27-20(24)19(33-22)18(30)13-3-9-16(10-4-13)32-11-17(29)26-2/h3-10,12H,11,24H2,1-2H3,(H2,25,31)(H,26,29)/t12-/m0/s1. The molecule has 0 saturated carbocycles. The second kappa shape index (κ2) is 10.1. The molecule has 2 amide bonds. The molecule has 3 aromatic rings. The van der Waals surface area contributed by atoms with Gasteiger partial charge in [0.05, 0.1) is 0 Å². The molecule has 0 aliphatic rings. The molecule has 11 heteroatoms. The van der Waals surface area contributed by atoms with Crippen molar-refractivity contribution in [2.45, 2.75) is 13.0 Å². The molecule has 0 aliphatic carbocycles. The van der Waals surface area contributed by atoms with Gasteiger partial charge in [-0.3, -0.25) is 14.4 Å². The van der Waals surface area contributed by atoms with Crippen LogP contribution in [0.5, 0.6) is 5.75 Å². The van der Waals surface area contributed by atoms with Crippen molar-refractivity contribution in [2.75, 3.05) is 24.3 Å². The second-order valence-corrected chi connectivity index (χ2v) is 7.93. The maximum absolute atomic E-state index is 13.4. The molecule has 0 radical (unpaired) electrons. The Kier molecular flexibility index (Phi) is 7.23. The quantitative estimate of drug-likeness (QED) is 0.407. The summed E-state index contributed by atoms with van der Waals surface area (Å²) >= 11 is 0.991. The van der Waals surface area contributed by atoms with Crippen LogP contribution in [0.2, 0.25) is 0 Å². The maximum atomic E-state index is 13.4. The largest absolute Gasteiger partial charge is 0.484 e. The molecule has 1 atom stereocenters. The minimum atomic E-state index is -0.833. The fraction of sp³-hybridized carbons (Fsp3) is 0.182. The molecule has 0 saturated heterocycles. The summed E-state index contributed by atoms with van der Waals surface area (Å²) in [6.45, 7) is 1.43. The van der Waals surface area contributed by atoms with Crippen LogP contribution in [0, 0.1) is 5.82 Å². The highest BCUT2D eigenvalue weighted by Crippen LogP contribution is 2.36. The number of thiazole rings is 1. The summed E-state index contributed by atoms with van der Waals surface area (Å²) in [6.07, 6.45) is 0. The number of carbonyl (C=O) groups excluding carboxylic acids is 3. The third-order valence-electron chi connectivity index (χ3n) is 4.72. The average Bonchev–Trinajstić information content (AvgIpc) is 3.19. The van der Waals surface area contributed by atoms with E-state index >= 15 is 0 Å². The molecule has 0 bridgehead atoms. The Morgan fingerprint density at radius 3 is 2.36 bits per heavy atom. The third-order valence-corrected chi connectivity index (χ3v) is 5.79. The predicted octanol–water partition coefficient (Wildman–Crippen LogP) is 2.23. The van der Waals surface area contributed by atoms with Crippen molar-refractivity contribution in [3.05, 3.63) is 64.8 Å². The number of nitrogens with two attached hydrogens (primary N) is 2. The van der Waals surface area contributed by atoms with Crippen molar-refractivity contribution in [1.82, 2.24) is 10.3 Å². The summed E-state index contributed by atoms with van der Waals surface area (Å²) < 4.78 is 18.7. The molecule has 1 aromatic heterocycles. The van der Waals surface area contributed by atoms with E-state index in [1.54, 1.807) is 31.2 Å². The van der Waals surface area contributed by atoms with Crippen LogP contribution in [0.3, 0.4) is 0 Å². The maximum Gasteiger partial charge on any atom is 0.257 e. The highest BCUT2D eigenvalue weighted by molar-refractivity contribution is 7.18. The van der Waals surface area contributed by atoms with Gasteiger partial charge >= 0.3 is 0 Å². The number of ketones is 1. The van der Waals surface area contributed by atoms with E-state index in [4.69, 9.17) is 16.2 Å². The number of likely N-dealkylation sites (N-methyl/N-ethyl adjacent to an activating group) is 1. The molecule has 0 fully saturated rings. The normalized spacial score (nSPS) is 11.5. The summed E-state index contributed by atoms with van der Waals surface area (Å²) in [5.41, 5.74) is 12.3. The van der Waals surface area contributed by atoms with Crippen molar-refractivity contribution < 1.29 is 23.5 Å². The molecule has 0 spiro atoms. The third kappa shape index (κ3) is 5.44. The van der Waals surface area contributed by atoms with E-state index in [1.165, 1.54) is 36.2 Å². The van der Waals surface area contributed by atoms with Gasteiger partial charge < -0.3 is 26.4 Å². The zero-order valence-electron chi connectivity index (χ0n) is 17.9. The number of halogens is 1. The summed E-state index contributed by atoms with van der Waals surface area (Å²) in [6, 6.07) is 10.8. The van der Waals surface area contributed by atoms with E-state index in [-0.39, 0.29) is 34.1 Å². The molecule has 5 N–H and O–H groups in total. The Hall–Kier alpha value is -3.99. The van der Waals surface area contributed by atoms with Crippen molar-refractivity contribution in [3.8, 4) is 5.75 Å². The summed E-state index contributed by atoms with van der Waals surface area (Å²) in [5.74, 6) is -1.32. The molecule has 33 heavy (non-hydrogen) atoms. The Morgan fingerprint density at radius 2 is 1.79 bits per heavy atom. The topological polar surface area (TPSA) is 141 Å². The fourth-order valence-corrected chi connectivity index (χ4v) is 3.92. The number of aromatic nitrogens is 1. The van der Waals surface area contributed by atoms with Gasteiger partial charge in [0, 0.05) is 18.3 Å². The molecular formula is C22H22FN5O4S. The first-order valence-electron chi connectivity index (χ1n) is 9.79. The Labute approximate surface area is 193 Å². The number of hydrogen-bond donors (Lipinski definition) is 3. The van der Waals surface area contributed by atoms with Crippen LogP contribution >= 0.6 is 11.3 Å². The first-order chi connectivity index (χ1) is 15.7. The van der Waals surface area contributed by atoms with Gasteiger partial charge in [-0.25, -0.2) is 9.37 Å². The number of nitrogens with one attached hydrogen (secondary N) is 1. The van der Waals surface area contributed by atoms with Gasteiger partial charge in [-0.05, 0) is 55.5 Å². The predicted molar refractivity (Wildman–Crippen MR) is 123 cm³/mol. The summed E-state index contributed by atoms with van der Waals surface area (Å²) in [7, 11) is 1.50. The van der Waals surface area contributed by atoms with E-state index in [2.05, 4.69) is 10.3 Å². The number of carbonyl (C=O) groups is 3. The first-order valence-corrected chi connectivity index (χ1v) is 10.6. The van der Waals surface area contributed by atoms with Crippen LogP contribution in [0.15, 0.2) is 48.5 Å². The SMILES string of the molecule is CNC(=O)COc1ccc(C(=O)c2sc(N(c3ccc(F)cc3)[C@@H](C)C(N)=O)nc2N)cc1. The fourth-order valence-electron chi connectivity index (χ4n) is 2.87. The molecule has 9 nitrogen and oxygen atoms in total. The Balaban J connectivity index is 1.88. The number of rotatable bonds is 9. The number of nitrogens with zero attached hydrogens (tertiary/aromatic N) is 2. The highest BCUT2D eigenvalue weighted by Gasteiger charge is 2.27. The van der Waals surface area contributed by atoms with E-state index in [9.17, 15) is 18.8 Å². The van der Waals surface area contributed by atoms with Crippen molar-refractivity contribution >= 4 is 45.6 Å². The minimum Gasteiger partial charge on any atom is -0.484 e. The lowest BCUT2D eigenvalue weighted by molar-refractivity contribution is -0.122. The highest BCUT2D eigenvalue weighted by atomic mass is 32.1. The van der Waals surface area contributed by atoms with Crippen molar-refractivity contribution in [1.29, 1.82) is 0 Å². The van der Waals surface area contributed by atoms with Gasteiger partial charge in [0.2, 0.25) is 11.7 Å². The van der Waals surface area contributed by atoms with Gasteiger partial charge in [-0.15, -0.1) is 0 Å². The van der Waals surface area contributed by atoms with E-state index < -0.39 is 17.8 Å². The zero-order valence-corrected chi connectivity index (χ0v) is 18.7. The van der Waals surface area contributed by atoms with E-state index in [1.807, 2.05) is 0 Å². The van der Waals surface area contributed by atoms with E-state index in [0.29, 0.717) is 17.0 Å². The van der Waals surface area contributed by atoms with Gasteiger partial charge in [-0.2, -0.15) is 0 Å². The van der Waals surface area contributed by atoms with Gasteiger partial charge in [0.1, 0.15) is 28.3 Å². The van der Waals surface area contributed by atoms with Gasteiger partial charge in [0.15, 0.2) is 11.7 Å². The molecule has 3 rings (SSSR count).